The summed E-state index contributed by atoms with van der Waals surface area (Å²) in [6, 6.07) is 10.1. The van der Waals surface area contributed by atoms with Crippen molar-refractivity contribution in [3.05, 3.63) is 66.6 Å². The second-order valence-electron chi connectivity index (χ2n) is 5.47. The normalized spacial score (nSPS) is 11.2. The Morgan fingerprint density at radius 2 is 2.21 bits per heavy atom. The minimum Gasteiger partial charge on any atom is -0.489 e. The SMILES string of the molecule is C=CCOc1ccn2c(Cc3ccc4nc(N)sc4c3)cnc2c1. The predicted octanol–water partition coefficient (Wildman–Crippen LogP) is 3.68. The predicted molar refractivity (Wildman–Crippen MR) is 97.7 cm³/mol. The van der Waals surface area contributed by atoms with Gasteiger partial charge in [0.1, 0.15) is 18.0 Å². The third-order valence-corrected chi connectivity index (χ3v) is 4.63. The van der Waals surface area contributed by atoms with E-state index in [1.54, 1.807) is 6.08 Å². The molecule has 24 heavy (non-hydrogen) atoms. The molecule has 0 aliphatic rings. The molecular formula is C18H16N4OS. The summed E-state index contributed by atoms with van der Waals surface area (Å²) in [6.07, 6.45) is 6.41. The molecule has 0 aliphatic carbocycles. The van der Waals surface area contributed by atoms with Crippen molar-refractivity contribution in [1.82, 2.24) is 14.4 Å². The molecule has 4 aromatic rings. The molecule has 3 aromatic heterocycles. The van der Waals surface area contributed by atoms with Crippen LogP contribution in [0.3, 0.4) is 0 Å². The smallest absolute Gasteiger partial charge is 0.181 e. The lowest BCUT2D eigenvalue weighted by molar-refractivity contribution is 0.363. The molecule has 6 heteroatoms. The molecule has 3 heterocycles. The number of pyridine rings is 1. The van der Waals surface area contributed by atoms with Gasteiger partial charge < -0.3 is 14.9 Å². The zero-order chi connectivity index (χ0) is 16.5. The Hall–Kier alpha value is -2.86. The van der Waals surface area contributed by atoms with Gasteiger partial charge in [-0.1, -0.05) is 30.1 Å². The third-order valence-electron chi connectivity index (χ3n) is 3.78. The number of ether oxygens (including phenoxy) is 1. The van der Waals surface area contributed by atoms with Crippen LogP contribution in [0.1, 0.15) is 11.3 Å². The van der Waals surface area contributed by atoms with E-state index in [2.05, 4.69) is 33.1 Å². The molecule has 0 saturated heterocycles. The number of benzene rings is 1. The minimum absolute atomic E-state index is 0.488. The highest BCUT2D eigenvalue weighted by atomic mass is 32.1. The van der Waals surface area contributed by atoms with Crippen LogP contribution in [-0.2, 0) is 6.42 Å². The topological polar surface area (TPSA) is 65.4 Å². The lowest BCUT2D eigenvalue weighted by Crippen LogP contribution is -1.97. The first-order valence-electron chi connectivity index (χ1n) is 7.57. The highest BCUT2D eigenvalue weighted by molar-refractivity contribution is 7.22. The van der Waals surface area contributed by atoms with Crippen molar-refractivity contribution in [2.45, 2.75) is 6.42 Å². The lowest BCUT2D eigenvalue weighted by atomic mass is 10.1. The molecule has 120 valence electrons. The standard InChI is InChI=1S/C18H16N4OS/c1-2-7-23-14-5-6-22-13(11-20-17(22)10-14)8-12-3-4-15-16(9-12)24-18(19)21-15/h2-6,9-11H,1,7-8H2,(H2,19,21). The molecule has 0 atom stereocenters. The number of nitrogens with zero attached hydrogens (tertiary/aromatic N) is 3. The summed E-state index contributed by atoms with van der Waals surface area (Å²) in [5.74, 6) is 0.793. The van der Waals surface area contributed by atoms with Crippen molar-refractivity contribution < 1.29 is 4.74 Å². The number of nitrogens with two attached hydrogens (primary N) is 1. The summed E-state index contributed by atoms with van der Waals surface area (Å²) < 4.78 is 8.74. The summed E-state index contributed by atoms with van der Waals surface area (Å²) in [5, 5.41) is 0.601. The first-order chi connectivity index (χ1) is 11.7. The Morgan fingerprint density at radius 1 is 1.29 bits per heavy atom. The van der Waals surface area contributed by atoms with Gasteiger partial charge in [0.05, 0.1) is 10.2 Å². The van der Waals surface area contributed by atoms with Crippen molar-refractivity contribution in [3.8, 4) is 5.75 Å². The van der Waals surface area contributed by atoms with Crippen LogP contribution in [0.15, 0.2) is 55.4 Å². The van der Waals surface area contributed by atoms with Crippen molar-refractivity contribution in [2.75, 3.05) is 12.3 Å². The van der Waals surface area contributed by atoms with Crippen molar-refractivity contribution >= 4 is 32.3 Å². The summed E-state index contributed by atoms with van der Waals surface area (Å²) in [7, 11) is 0. The fourth-order valence-corrected chi connectivity index (χ4v) is 3.49. The van der Waals surface area contributed by atoms with E-state index in [-0.39, 0.29) is 0 Å². The van der Waals surface area contributed by atoms with Gasteiger partial charge in [0.2, 0.25) is 0 Å². The molecule has 0 amide bonds. The van der Waals surface area contributed by atoms with Gasteiger partial charge in [0.25, 0.3) is 0 Å². The summed E-state index contributed by atoms with van der Waals surface area (Å²) in [4.78, 5) is 8.77. The van der Waals surface area contributed by atoms with Gasteiger partial charge in [-0.05, 0) is 23.8 Å². The Kier molecular flexibility index (Phi) is 3.66. The van der Waals surface area contributed by atoms with E-state index in [4.69, 9.17) is 10.5 Å². The Balaban J connectivity index is 1.64. The van der Waals surface area contributed by atoms with Crippen LogP contribution in [-0.4, -0.2) is 21.0 Å². The van der Waals surface area contributed by atoms with E-state index in [1.165, 1.54) is 16.9 Å². The van der Waals surface area contributed by atoms with Crippen LogP contribution in [0, 0.1) is 0 Å². The quantitative estimate of drug-likeness (QED) is 0.565. The molecule has 0 fully saturated rings. The fraction of sp³-hybridized carbons (Fsp3) is 0.111. The van der Waals surface area contributed by atoms with Crippen LogP contribution in [0.2, 0.25) is 0 Å². The third kappa shape index (κ3) is 2.72. The van der Waals surface area contributed by atoms with Crippen LogP contribution < -0.4 is 10.5 Å². The number of hydrogen-bond acceptors (Lipinski definition) is 5. The van der Waals surface area contributed by atoms with Gasteiger partial charge in [-0.15, -0.1) is 0 Å². The molecule has 5 nitrogen and oxygen atoms in total. The molecular weight excluding hydrogens is 320 g/mol. The Morgan fingerprint density at radius 3 is 3.08 bits per heavy atom. The minimum atomic E-state index is 0.488. The highest BCUT2D eigenvalue weighted by Gasteiger charge is 2.08. The van der Waals surface area contributed by atoms with E-state index in [0.29, 0.717) is 11.7 Å². The molecule has 2 N–H and O–H groups in total. The number of imidazole rings is 1. The monoisotopic (exact) mass is 336 g/mol. The molecule has 0 unspecified atom stereocenters. The second kappa shape index (κ2) is 5.98. The van der Waals surface area contributed by atoms with Gasteiger partial charge >= 0.3 is 0 Å². The number of fused-ring (bicyclic) bond motifs is 2. The van der Waals surface area contributed by atoms with E-state index in [9.17, 15) is 0 Å². The summed E-state index contributed by atoms with van der Waals surface area (Å²) >= 11 is 1.51. The molecule has 0 bridgehead atoms. The van der Waals surface area contributed by atoms with E-state index in [0.717, 1.165) is 33.7 Å². The van der Waals surface area contributed by atoms with Crippen molar-refractivity contribution in [2.24, 2.45) is 0 Å². The maximum absolute atomic E-state index is 5.78. The van der Waals surface area contributed by atoms with Crippen molar-refractivity contribution in [1.29, 1.82) is 0 Å². The molecule has 1 aromatic carbocycles. The summed E-state index contributed by atoms with van der Waals surface area (Å²) in [6.45, 7) is 4.14. The van der Waals surface area contributed by atoms with Crippen LogP contribution >= 0.6 is 11.3 Å². The number of anilines is 1. The molecule has 0 aliphatic heterocycles. The van der Waals surface area contributed by atoms with Gasteiger partial charge in [-0.3, -0.25) is 0 Å². The van der Waals surface area contributed by atoms with E-state index in [1.807, 2.05) is 30.6 Å². The molecule has 4 rings (SSSR count). The summed E-state index contributed by atoms with van der Waals surface area (Å²) in [5.41, 5.74) is 9.92. The number of thiazole rings is 1. The number of aromatic nitrogens is 3. The second-order valence-corrected chi connectivity index (χ2v) is 6.53. The van der Waals surface area contributed by atoms with Crippen LogP contribution in [0.4, 0.5) is 5.13 Å². The van der Waals surface area contributed by atoms with Gasteiger partial charge in [0.15, 0.2) is 5.13 Å². The zero-order valence-corrected chi connectivity index (χ0v) is 13.8. The molecule has 0 spiro atoms. The van der Waals surface area contributed by atoms with Crippen LogP contribution in [0.5, 0.6) is 5.75 Å². The average molecular weight is 336 g/mol. The maximum atomic E-state index is 5.78. The molecule has 0 radical (unpaired) electrons. The van der Waals surface area contributed by atoms with Crippen LogP contribution in [0.25, 0.3) is 15.9 Å². The van der Waals surface area contributed by atoms with Crippen molar-refractivity contribution in [3.63, 3.8) is 0 Å². The van der Waals surface area contributed by atoms with Gasteiger partial charge in [-0.2, -0.15) is 0 Å². The maximum Gasteiger partial charge on any atom is 0.181 e. The lowest BCUT2D eigenvalue weighted by Gasteiger charge is -2.05. The number of rotatable bonds is 5. The first kappa shape index (κ1) is 14.7. The van der Waals surface area contributed by atoms with Gasteiger partial charge in [-0.25, -0.2) is 9.97 Å². The first-order valence-corrected chi connectivity index (χ1v) is 8.39. The highest BCUT2D eigenvalue weighted by Crippen LogP contribution is 2.26. The number of nitrogen functional groups attached to an aromatic ring is 1. The van der Waals surface area contributed by atoms with E-state index < -0.39 is 0 Å². The average Bonchev–Trinajstić information content (AvgIpc) is 3.15. The zero-order valence-electron chi connectivity index (χ0n) is 13.0. The molecule has 0 saturated carbocycles. The van der Waals surface area contributed by atoms with Gasteiger partial charge in [0, 0.05) is 30.6 Å². The Bertz CT molecular complexity index is 1030. The fourth-order valence-electron chi connectivity index (χ4n) is 2.70. The van der Waals surface area contributed by atoms with E-state index >= 15 is 0 Å². The number of hydrogen-bond donors (Lipinski definition) is 1. The largest absolute Gasteiger partial charge is 0.489 e. The Labute approximate surface area is 143 Å².